The highest BCUT2D eigenvalue weighted by Gasteiger charge is 2.35. The maximum atomic E-state index is 4.89. The summed E-state index contributed by atoms with van der Waals surface area (Å²) in [5.41, 5.74) is 2.60. The Morgan fingerprint density at radius 3 is 1.27 bits per heavy atom. The van der Waals surface area contributed by atoms with Gasteiger partial charge in [-0.15, -0.1) is 0 Å². The summed E-state index contributed by atoms with van der Waals surface area (Å²) < 4.78 is 4.34. The molecule has 0 amide bonds. The van der Waals surface area contributed by atoms with Crippen molar-refractivity contribution < 1.29 is 0 Å². The van der Waals surface area contributed by atoms with Crippen LogP contribution in [0.4, 0.5) is 0 Å². The second-order valence-electron chi connectivity index (χ2n) is 9.89. The summed E-state index contributed by atoms with van der Waals surface area (Å²) in [6.07, 6.45) is 10.1. The molecule has 154 valence electrons. The predicted octanol–water partition coefficient (Wildman–Crippen LogP) is 4.48. The molecule has 7 rings (SSSR count). The van der Waals surface area contributed by atoms with Gasteiger partial charge in [-0.1, -0.05) is 24.3 Å². The monoisotopic (exact) mass is 400 g/mol. The van der Waals surface area contributed by atoms with E-state index in [9.17, 15) is 0 Å². The zero-order chi connectivity index (χ0) is 19.7. The maximum absolute atomic E-state index is 4.89. The number of rotatable bonds is 8. The summed E-state index contributed by atoms with van der Waals surface area (Å²) in [6, 6.07) is 9.00. The van der Waals surface area contributed by atoms with Gasteiger partial charge in [-0.3, -0.25) is 0 Å². The molecule has 30 heavy (non-hydrogen) atoms. The number of hydrogen-bond donors (Lipinski definition) is 0. The molecule has 2 aromatic heterocycles. The fourth-order valence-corrected chi connectivity index (χ4v) is 4.39. The predicted molar refractivity (Wildman–Crippen MR) is 113 cm³/mol. The summed E-state index contributed by atoms with van der Waals surface area (Å²) in [4.78, 5) is 9.78. The maximum Gasteiger partial charge on any atom is 0.154 e. The summed E-state index contributed by atoms with van der Waals surface area (Å²) >= 11 is 0. The number of aromatic nitrogens is 6. The van der Waals surface area contributed by atoms with Crippen LogP contribution in [0.5, 0.6) is 0 Å². The minimum atomic E-state index is 0.620. The fraction of sp³-hybridized carbons (Fsp3) is 0.583. The quantitative estimate of drug-likeness (QED) is 0.559. The van der Waals surface area contributed by atoms with E-state index in [1.54, 1.807) is 0 Å². The Morgan fingerprint density at radius 2 is 0.933 bits per heavy atom. The first kappa shape index (κ1) is 17.2. The lowest BCUT2D eigenvalue weighted by Gasteiger charge is -2.08. The summed E-state index contributed by atoms with van der Waals surface area (Å²) in [7, 11) is 0. The van der Waals surface area contributed by atoms with Gasteiger partial charge in [0.1, 0.15) is 11.6 Å². The van der Waals surface area contributed by atoms with Crippen molar-refractivity contribution in [3.8, 4) is 0 Å². The molecule has 0 radical (unpaired) electrons. The molecule has 4 aliphatic carbocycles. The minimum absolute atomic E-state index is 0.620. The van der Waals surface area contributed by atoms with E-state index < -0.39 is 0 Å². The zero-order valence-electron chi connectivity index (χ0n) is 17.4. The van der Waals surface area contributed by atoms with Crippen molar-refractivity contribution in [3.05, 3.63) is 58.7 Å². The van der Waals surface area contributed by atoms with Crippen molar-refractivity contribution >= 4 is 0 Å². The topological polar surface area (TPSA) is 61.4 Å². The molecular formula is C24H28N6. The van der Waals surface area contributed by atoms with Crippen LogP contribution in [0.1, 0.15) is 109 Å². The highest BCUT2D eigenvalue weighted by molar-refractivity contribution is 5.25. The van der Waals surface area contributed by atoms with Crippen LogP contribution in [0.3, 0.4) is 0 Å². The van der Waals surface area contributed by atoms with E-state index in [0.717, 1.165) is 24.7 Å². The molecule has 4 fully saturated rings. The van der Waals surface area contributed by atoms with Crippen LogP contribution < -0.4 is 0 Å². The standard InChI is InChI=1S/C24H28N6/c1-2-16(14-30-24(20-11-12-20)26-22(28-30)18-7-8-18)4-3-15(1)13-29-23(19-9-10-19)25-21(27-29)17-5-6-17/h1-4,17-20H,5-14H2. The number of hydrogen-bond acceptors (Lipinski definition) is 4. The van der Waals surface area contributed by atoms with Gasteiger partial charge < -0.3 is 0 Å². The first-order chi connectivity index (χ1) is 14.8. The molecule has 0 aliphatic heterocycles. The Kier molecular flexibility index (Phi) is 3.73. The van der Waals surface area contributed by atoms with Gasteiger partial charge in [-0.05, 0) is 62.5 Å². The molecule has 2 heterocycles. The Morgan fingerprint density at radius 1 is 0.567 bits per heavy atom. The third-order valence-corrected chi connectivity index (χ3v) is 6.89. The Labute approximate surface area is 176 Å². The van der Waals surface area contributed by atoms with Gasteiger partial charge in [0.2, 0.25) is 0 Å². The molecule has 4 saturated carbocycles. The molecule has 0 unspecified atom stereocenters. The average Bonchev–Trinajstić information content (AvgIpc) is 3.62. The van der Waals surface area contributed by atoms with Crippen LogP contribution in [-0.4, -0.2) is 29.5 Å². The van der Waals surface area contributed by atoms with E-state index in [0.29, 0.717) is 23.7 Å². The van der Waals surface area contributed by atoms with Crippen LogP contribution >= 0.6 is 0 Å². The van der Waals surface area contributed by atoms with Gasteiger partial charge in [0.15, 0.2) is 11.6 Å². The second kappa shape index (κ2) is 6.50. The smallest absolute Gasteiger partial charge is 0.154 e. The van der Waals surface area contributed by atoms with Crippen molar-refractivity contribution in [3.63, 3.8) is 0 Å². The van der Waals surface area contributed by atoms with Crippen LogP contribution in [0.25, 0.3) is 0 Å². The first-order valence-corrected chi connectivity index (χ1v) is 11.8. The zero-order valence-corrected chi connectivity index (χ0v) is 17.4. The summed E-state index contributed by atoms with van der Waals surface area (Å²) in [5.74, 6) is 7.11. The van der Waals surface area contributed by atoms with Gasteiger partial charge in [-0.25, -0.2) is 19.3 Å². The Hall–Kier alpha value is -2.50. The van der Waals surface area contributed by atoms with Gasteiger partial charge in [0.25, 0.3) is 0 Å². The number of nitrogens with zero attached hydrogens (tertiary/aromatic N) is 6. The molecular weight excluding hydrogens is 372 g/mol. The minimum Gasteiger partial charge on any atom is -0.245 e. The Balaban J connectivity index is 1.09. The molecule has 1 aromatic carbocycles. The summed E-state index contributed by atoms with van der Waals surface area (Å²) in [6.45, 7) is 1.66. The average molecular weight is 401 g/mol. The molecule has 0 bridgehead atoms. The van der Waals surface area contributed by atoms with Crippen molar-refractivity contribution in [2.75, 3.05) is 0 Å². The lowest BCUT2D eigenvalue weighted by molar-refractivity contribution is 0.627. The second-order valence-corrected chi connectivity index (χ2v) is 9.89. The SMILES string of the molecule is c1cc(Cn2nc(C3CC3)nc2C2CC2)ccc1Cn1nc(C2CC2)nc1C1CC1. The third kappa shape index (κ3) is 3.36. The van der Waals surface area contributed by atoms with Gasteiger partial charge in [0, 0.05) is 23.7 Å². The van der Waals surface area contributed by atoms with Crippen molar-refractivity contribution in [1.29, 1.82) is 0 Å². The molecule has 4 aliphatic rings. The van der Waals surface area contributed by atoms with Gasteiger partial charge in [-0.2, -0.15) is 10.2 Å². The Bertz CT molecular complexity index is 990. The van der Waals surface area contributed by atoms with Crippen LogP contribution in [0, 0.1) is 0 Å². The van der Waals surface area contributed by atoms with Gasteiger partial charge in [0.05, 0.1) is 13.1 Å². The van der Waals surface area contributed by atoms with Crippen LogP contribution in [0.2, 0.25) is 0 Å². The highest BCUT2D eigenvalue weighted by atomic mass is 15.4. The van der Waals surface area contributed by atoms with E-state index >= 15 is 0 Å². The van der Waals surface area contributed by atoms with Crippen molar-refractivity contribution in [1.82, 2.24) is 29.5 Å². The largest absolute Gasteiger partial charge is 0.245 e. The molecule has 6 nitrogen and oxygen atoms in total. The molecule has 0 spiro atoms. The lowest BCUT2D eigenvalue weighted by atomic mass is 10.1. The molecule has 6 heteroatoms. The highest BCUT2D eigenvalue weighted by Crippen LogP contribution is 2.44. The van der Waals surface area contributed by atoms with E-state index in [2.05, 4.69) is 33.6 Å². The normalized spacial score (nSPS) is 21.3. The van der Waals surface area contributed by atoms with Crippen molar-refractivity contribution in [2.45, 2.75) is 88.1 Å². The lowest BCUT2D eigenvalue weighted by Crippen LogP contribution is -2.08. The molecule has 3 aromatic rings. The first-order valence-electron chi connectivity index (χ1n) is 11.8. The van der Waals surface area contributed by atoms with E-state index in [4.69, 9.17) is 20.2 Å². The third-order valence-electron chi connectivity index (χ3n) is 6.89. The fourth-order valence-electron chi connectivity index (χ4n) is 4.39. The molecule has 0 atom stereocenters. The van der Waals surface area contributed by atoms with Crippen LogP contribution in [-0.2, 0) is 13.1 Å². The summed E-state index contributed by atoms with van der Waals surface area (Å²) in [5, 5.41) is 9.73. The van der Waals surface area contributed by atoms with Gasteiger partial charge >= 0.3 is 0 Å². The van der Waals surface area contributed by atoms with E-state index in [1.165, 1.54) is 74.1 Å². The number of benzene rings is 1. The van der Waals surface area contributed by atoms with E-state index in [-0.39, 0.29) is 0 Å². The molecule has 0 N–H and O–H groups in total. The molecule has 0 saturated heterocycles. The van der Waals surface area contributed by atoms with Crippen molar-refractivity contribution in [2.24, 2.45) is 0 Å². The van der Waals surface area contributed by atoms with Crippen LogP contribution in [0.15, 0.2) is 24.3 Å². The van der Waals surface area contributed by atoms with E-state index in [1.807, 2.05) is 0 Å².